The number of phosphoric acid groups is 1. The van der Waals surface area contributed by atoms with Gasteiger partial charge in [0, 0.05) is 5.57 Å². The molecule has 0 fully saturated rings. The molecule has 0 spiro atoms. The normalized spacial score (nSPS) is 13.1. The maximum atomic E-state index is 12.9. The summed E-state index contributed by atoms with van der Waals surface area (Å²) in [5, 5.41) is 2.70. The second kappa shape index (κ2) is 8.97. The van der Waals surface area contributed by atoms with Gasteiger partial charge in [-0.15, -0.1) is 0 Å². The molecule has 1 atom stereocenters. The molecule has 0 heterocycles. The van der Waals surface area contributed by atoms with E-state index in [0.717, 1.165) is 11.1 Å². The Labute approximate surface area is 157 Å². The van der Waals surface area contributed by atoms with E-state index in [1.54, 1.807) is 36.4 Å². The van der Waals surface area contributed by atoms with E-state index in [4.69, 9.17) is 19.0 Å². The summed E-state index contributed by atoms with van der Waals surface area (Å²) in [6.45, 7) is 3.28. The van der Waals surface area contributed by atoms with Crippen LogP contribution in [0.2, 0.25) is 0 Å². The van der Waals surface area contributed by atoms with E-state index >= 15 is 0 Å². The summed E-state index contributed by atoms with van der Waals surface area (Å²) in [7, 11) is -3.29. The number of ether oxygens (including phenoxy) is 1. The average Bonchev–Trinajstić information content (AvgIpc) is 2.59. The Hall–Kier alpha value is -2.44. The highest BCUT2D eigenvalue weighted by atomic mass is 31.2. The third-order valence-corrected chi connectivity index (χ3v) is 4.44. The van der Waals surface area contributed by atoms with Gasteiger partial charge in [-0.05, 0) is 43.2 Å². The minimum atomic E-state index is -4.78. The molecule has 0 saturated heterocycles. The number of amides is 1. The molecule has 8 heteroatoms. The third-order valence-electron chi connectivity index (χ3n) is 3.85. The number of anilines is 1. The molecule has 1 amide bonds. The van der Waals surface area contributed by atoms with Crippen LogP contribution < -0.4 is 10.1 Å². The predicted octanol–water partition coefficient (Wildman–Crippen LogP) is 3.52. The summed E-state index contributed by atoms with van der Waals surface area (Å²) in [4.78, 5) is 31.1. The fourth-order valence-electron chi connectivity index (χ4n) is 2.49. The lowest BCUT2D eigenvalue weighted by atomic mass is 10.0. The standard InChI is InChI=1S/C19H22NO6P/c1-13-8-4-5-9-15(13)12-16(14(2)26-27(22,23)24)19(21)20-17-10-6-7-11-18(17)25-3/h4-12,14H,1-3H3,(H,20,21)(H2,22,23,24)/b16-12+. The zero-order valence-corrected chi connectivity index (χ0v) is 16.1. The number of carbonyl (C=O) groups is 1. The lowest BCUT2D eigenvalue weighted by Gasteiger charge is -2.18. The number of hydrogen-bond acceptors (Lipinski definition) is 4. The summed E-state index contributed by atoms with van der Waals surface area (Å²) < 4.78 is 21.2. The largest absolute Gasteiger partial charge is 0.495 e. The molecule has 0 aliphatic heterocycles. The van der Waals surface area contributed by atoms with Crippen molar-refractivity contribution in [3.8, 4) is 5.75 Å². The van der Waals surface area contributed by atoms with E-state index in [2.05, 4.69) is 5.32 Å². The van der Waals surface area contributed by atoms with Crippen molar-refractivity contribution in [1.82, 2.24) is 0 Å². The zero-order valence-electron chi connectivity index (χ0n) is 15.2. The summed E-state index contributed by atoms with van der Waals surface area (Å²) >= 11 is 0. The highest BCUT2D eigenvalue weighted by Crippen LogP contribution is 2.39. The number of phosphoric ester groups is 1. The molecule has 3 N–H and O–H groups in total. The van der Waals surface area contributed by atoms with Crippen molar-refractivity contribution < 1.29 is 28.4 Å². The number of hydrogen-bond donors (Lipinski definition) is 3. The molecule has 144 valence electrons. The fourth-order valence-corrected chi connectivity index (χ4v) is 3.01. The molecule has 0 aromatic heterocycles. The summed E-state index contributed by atoms with van der Waals surface area (Å²) in [6, 6.07) is 14.2. The van der Waals surface area contributed by atoms with Gasteiger partial charge in [0.25, 0.3) is 5.91 Å². The van der Waals surface area contributed by atoms with Gasteiger partial charge in [-0.25, -0.2) is 4.57 Å². The number of methoxy groups -OCH3 is 1. The molecule has 1 unspecified atom stereocenters. The number of carbonyl (C=O) groups excluding carboxylic acids is 1. The van der Waals surface area contributed by atoms with E-state index in [-0.39, 0.29) is 5.57 Å². The monoisotopic (exact) mass is 391 g/mol. The van der Waals surface area contributed by atoms with Crippen LogP contribution in [0.25, 0.3) is 6.08 Å². The topological polar surface area (TPSA) is 105 Å². The Kier molecular flexibility index (Phi) is 6.93. The highest BCUT2D eigenvalue weighted by Gasteiger charge is 2.26. The number of aryl methyl sites for hydroxylation is 1. The van der Waals surface area contributed by atoms with Gasteiger partial charge < -0.3 is 19.8 Å². The number of nitrogens with one attached hydrogen (secondary N) is 1. The smallest absolute Gasteiger partial charge is 0.470 e. The molecular weight excluding hydrogens is 369 g/mol. The van der Waals surface area contributed by atoms with Crippen LogP contribution in [0.5, 0.6) is 5.75 Å². The molecule has 2 aromatic rings. The molecule has 0 aliphatic rings. The quantitative estimate of drug-likeness (QED) is 0.493. The maximum Gasteiger partial charge on any atom is 0.470 e. The Morgan fingerprint density at radius 2 is 1.78 bits per heavy atom. The van der Waals surface area contributed by atoms with Crippen molar-refractivity contribution in [3.05, 3.63) is 65.2 Å². The van der Waals surface area contributed by atoms with Gasteiger partial charge in [-0.1, -0.05) is 36.4 Å². The van der Waals surface area contributed by atoms with Gasteiger partial charge in [0.1, 0.15) is 5.75 Å². The molecular formula is C19H22NO6P. The van der Waals surface area contributed by atoms with E-state index in [9.17, 15) is 9.36 Å². The molecule has 7 nitrogen and oxygen atoms in total. The van der Waals surface area contributed by atoms with Gasteiger partial charge in [0.05, 0.1) is 18.9 Å². The zero-order chi connectivity index (χ0) is 20.0. The summed E-state index contributed by atoms with van der Waals surface area (Å²) in [5.74, 6) is -0.0895. The first-order valence-electron chi connectivity index (χ1n) is 8.17. The Balaban J connectivity index is 2.41. The van der Waals surface area contributed by atoms with Gasteiger partial charge in [-0.2, -0.15) is 0 Å². The molecule has 2 aromatic carbocycles. The van der Waals surface area contributed by atoms with Crippen LogP contribution in [0.3, 0.4) is 0 Å². The average molecular weight is 391 g/mol. The highest BCUT2D eigenvalue weighted by molar-refractivity contribution is 7.46. The number of para-hydroxylation sites is 2. The maximum absolute atomic E-state index is 12.9. The number of benzene rings is 2. The Morgan fingerprint density at radius 3 is 2.41 bits per heavy atom. The van der Waals surface area contributed by atoms with Crippen molar-refractivity contribution >= 4 is 25.5 Å². The van der Waals surface area contributed by atoms with Crippen molar-refractivity contribution in [2.75, 3.05) is 12.4 Å². The van der Waals surface area contributed by atoms with Crippen molar-refractivity contribution in [1.29, 1.82) is 0 Å². The minimum Gasteiger partial charge on any atom is -0.495 e. The van der Waals surface area contributed by atoms with Crippen LogP contribution in [0.1, 0.15) is 18.1 Å². The van der Waals surface area contributed by atoms with E-state index in [0.29, 0.717) is 11.4 Å². The third kappa shape index (κ3) is 6.05. The van der Waals surface area contributed by atoms with Crippen molar-refractivity contribution in [2.24, 2.45) is 0 Å². The van der Waals surface area contributed by atoms with Crippen LogP contribution in [0, 0.1) is 6.92 Å². The minimum absolute atomic E-state index is 0.0681. The molecule has 2 rings (SSSR count). The Bertz CT molecular complexity index is 889. The molecule has 0 radical (unpaired) electrons. The van der Waals surface area contributed by atoms with E-state index < -0.39 is 19.8 Å². The van der Waals surface area contributed by atoms with Gasteiger partial charge >= 0.3 is 7.82 Å². The van der Waals surface area contributed by atoms with Crippen LogP contribution >= 0.6 is 7.82 Å². The molecule has 0 bridgehead atoms. The second-order valence-corrected chi connectivity index (χ2v) is 7.04. The van der Waals surface area contributed by atoms with Gasteiger partial charge in [-0.3, -0.25) is 9.32 Å². The van der Waals surface area contributed by atoms with Gasteiger partial charge in [0.15, 0.2) is 0 Å². The first kappa shape index (κ1) is 20.9. The van der Waals surface area contributed by atoms with Gasteiger partial charge in [0.2, 0.25) is 0 Å². The van der Waals surface area contributed by atoms with Crippen molar-refractivity contribution in [2.45, 2.75) is 20.0 Å². The first-order valence-corrected chi connectivity index (χ1v) is 9.70. The first-order chi connectivity index (χ1) is 12.7. The van der Waals surface area contributed by atoms with Crippen LogP contribution in [-0.2, 0) is 13.9 Å². The van der Waals surface area contributed by atoms with E-state index in [1.165, 1.54) is 14.0 Å². The second-order valence-electron chi connectivity index (χ2n) is 5.85. The SMILES string of the molecule is COc1ccccc1NC(=O)/C(=C/c1ccccc1C)C(C)OP(=O)(O)O. The molecule has 27 heavy (non-hydrogen) atoms. The lowest BCUT2D eigenvalue weighted by Crippen LogP contribution is -2.24. The summed E-state index contributed by atoms with van der Waals surface area (Å²) in [6.07, 6.45) is 0.417. The van der Waals surface area contributed by atoms with Crippen LogP contribution in [-0.4, -0.2) is 28.9 Å². The van der Waals surface area contributed by atoms with E-state index in [1.807, 2.05) is 25.1 Å². The molecule has 0 aliphatic carbocycles. The van der Waals surface area contributed by atoms with Crippen LogP contribution in [0.15, 0.2) is 54.1 Å². The number of rotatable bonds is 7. The van der Waals surface area contributed by atoms with Crippen molar-refractivity contribution in [3.63, 3.8) is 0 Å². The summed E-state index contributed by atoms with van der Waals surface area (Å²) in [5.41, 5.74) is 2.15. The predicted molar refractivity (Wildman–Crippen MR) is 103 cm³/mol. The lowest BCUT2D eigenvalue weighted by molar-refractivity contribution is -0.113. The molecule has 0 saturated carbocycles. The fraction of sp³-hybridized carbons (Fsp3) is 0.211. The Morgan fingerprint density at radius 1 is 1.15 bits per heavy atom. The van der Waals surface area contributed by atoms with Crippen LogP contribution in [0.4, 0.5) is 5.69 Å².